The number of hydrogen-bond donors (Lipinski definition) is 2. The fourth-order valence-electron chi connectivity index (χ4n) is 1.90. The number of anilines is 2. The van der Waals surface area contributed by atoms with E-state index >= 15 is 0 Å². The molecule has 2 aromatic rings. The number of rotatable bonds is 5. The second-order valence-corrected chi connectivity index (χ2v) is 5.64. The van der Waals surface area contributed by atoms with Crippen molar-refractivity contribution in [1.82, 2.24) is 4.98 Å². The van der Waals surface area contributed by atoms with E-state index in [1.807, 2.05) is 25.1 Å². The second-order valence-electron chi connectivity index (χ2n) is 4.79. The highest BCUT2D eigenvalue weighted by atomic mass is 79.9. The van der Waals surface area contributed by atoms with Gasteiger partial charge in [0.1, 0.15) is 0 Å². The summed E-state index contributed by atoms with van der Waals surface area (Å²) in [7, 11) is 0. The third-order valence-corrected chi connectivity index (χ3v) is 3.66. The molecule has 1 heterocycles. The zero-order valence-electron chi connectivity index (χ0n) is 12.1. The van der Waals surface area contributed by atoms with Crippen LogP contribution in [0.4, 0.5) is 11.4 Å². The average Bonchev–Trinajstić information content (AvgIpc) is 2.48. The van der Waals surface area contributed by atoms with Gasteiger partial charge in [-0.15, -0.1) is 0 Å². The van der Waals surface area contributed by atoms with Crippen LogP contribution in [0.2, 0.25) is 0 Å². The van der Waals surface area contributed by atoms with E-state index in [1.165, 1.54) is 0 Å². The molecule has 0 aliphatic carbocycles. The summed E-state index contributed by atoms with van der Waals surface area (Å²) in [5, 5.41) is 6.14. The molecule has 21 heavy (non-hydrogen) atoms. The van der Waals surface area contributed by atoms with E-state index in [1.54, 1.807) is 18.5 Å². The summed E-state index contributed by atoms with van der Waals surface area (Å²) in [4.78, 5) is 16.5. The Balaban J connectivity index is 2.20. The van der Waals surface area contributed by atoms with Gasteiger partial charge in [0.05, 0.1) is 23.1 Å². The molecule has 0 atom stereocenters. The highest BCUT2D eigenvalue weighted by Crippen LogP contribution is 2.24. The highest BCUT2D eigenvalue weighted by Gasteiger charge is 2.12. The third-order valence-electron chi connectivity index (χ3n) is 3.00. The Bertz CT molecular complexity index is 643. The zero-order chi connectivity index (χ0) is 15.2. The maximum Gasteiger partial charge on any atom is 0.257 e. The van der Waals surface area contributed by atoms with Gasteiger partial charge in [0.2, 0.25) is 0 Å². The van der Waals surface area contributed by atoms with Crippen molar-refractivity contribution in [2.45, 2.75) is 20.3 Å². The summed E-state index contributed by atoms with van der Waals surface area (Å²) in [6.07, 6.45) is 4.28. The first-order valence-electron chi connectivity index (χ1n) is 6.87. The first-order valence-corrected chi connectivity index (χ1v) is 7.66. The maximum absolute atomic E-state index is 12.4. The topological polar surface area (TPSA) is 54.0 Å². The average molecular weight is 348 g/mol. The molecule has 0 unspecified atom stereocenters. The monoisotopic (exact) mass is 347 g/mol. The van der Waals surface area contributed by atoms with Crippen molar-refractivity contribution in [3.8, 4) is 0 Å². The number of nitrogens with one attached hydrogen (secondary N) is 2. The van der Waals surface area contributed by atoms with Crippen molar-refractivity contribution < 1.29 is 4.79 Å². The number of carbonyl (C=O) groups is 1. The van der Waals surface area contributed by atoms with Crippen LogP contribution in [0, 0.1) is 6.92 Å². The zero-order valence-corrected chi connectivity index (χ0v) is 13.7. The van der Waals surface area contributed by atoms with Crippen molar-refractivity contribution in [3.63, 3.8) is 0 Å². The van der Waals surface area contributed by atoms with Crippen LogP contribution in [0.3, 0.4) is 0 Å². The summed E-state index contributed by atoms with van der Waals surface area (Å²) < 4.78 is 0.868. The van der Waals surface area contributed by atoms with Crippen molar-refractivity contribution in [1.29, 1.82) is 0 Å². The van der Waals surface area contributed by atoms with Gasteiger partial charge in [-0.1, -0.05) is 13.0 Å². The third kappa shape index (κ3) is 4.04. The number of pyridine rings is 1. The number of aryl methyl sites for hydroxylation is 1. The van der Waals surface area contributed by atoms with Crippen molar-refractivity contribution in [3.05, 3.63) is 52.3 Å². The smallest absolute Gasteiger partial charge is 0.257 e. The predicted octanol–water partition coefficient (Wildman–Crippen LogP) is 4.23. The molecule has 2 rings (SSSR count). The van der Waals surface area contributed by atoms with E-state index in [0.29, 0.717) is 5.56 Å². The first-order chi connectivity index (χ1) is 10.1. The molecule has 0 fully saturated rings. The minimum atomic E-state index is -0.152. The summed E-state index contributed by atoms with van der Waals surface area (Å²) in [6, 6.07) is 7.54. The van der Waals surface area contributed by atoms with Crippen LogP contribution in [0.15, 0.2) is 41.1 Å². The Morgan fingerprint density at radius 1 is 1.29 bits per heavy atom. The largest absolute Gasteiger partial charge is 0.383 e. The lowest BCUT2D eigenvalue weighted by molar-refractivity contribution is 0.102. The molecule has 5 heteroatoms. The van der Waals surface area contributed by atoms with Gasteiger partial charge < -0.3 is 10.6 Å². The van der Waals surface area contributed by atoms with Crippen LogP contribution in [-0.2, 0) is 0 Å². The molecule has 1 amide bonds. The minimum absolute atomic E-state index is 0.152. The number of carbonyl (C=O) groups excluding carboxylic acids is 1. The van der Waals surface area contributed by atoms with Gasteiger partial charge in [0, 0.05) is 17.2 Å². The Hall–Kier alpha value is -1.88. The van der Waals surface area contributed by atoms with Gasteiger partial charge in [-0.25, -0.2) is 0 Å². The lowest BCUT2D eigenvalue weighted by atomic mass is 10.2. The van der Waals surface area contributed by atoms with Crippen LogP contribution < -0.4 is 10.6 Å². The first kappa shape index (κ1) is 15.5. The van der Waals surface area contributed by atoms with Crippen LogP contribution in [-0.4, -0.2) is 17.4 Å². The van der Waals surface area contributed by atoms with Gasteiger partial charge in [-0.2, -0.15) is 0 Å². The van der Waals surface area contributed by atoms with E-state index in [2.05, 4.69) is 38.5 Å². The lowest BCUT2D eigenvalue weighted by Crippen LogP contribution is -2.15. The quantitative estimate of drug-likeness (QED) is 0.850. The second kappa shape index (κ2) is 7.22. The molecule has 110 valence electrons. The number of nitrogens with zero attached hydrogens (tertiary/aromatic N) is 1. The molecule has 2 N–H and O–H groups in total. The van der Waals surface area contributed by atoms with Crippen LogP contribution in [0.5, 0.6) is 0 Å². The number of amides is 1. The summed E-state index contributed by atoms with van der Waals surface area (Å²) in [5.74, 6) is -0.152. The molecule has 0 saturated heterocycles. The summed E-state index contributed by atoms with van der Waals surface area (Å²) >= 11 is 3.47. The van der Waals surface area contributed by atoms with Gasteiger partial charge in [0.15, 0.2) is 0 Å². The van der Waals surface area contributed by atoms with Gasteiger partial charge in [-0.3, -0.25) is 9.78 Å². The summed E-state index contributed by atoms with van der Waals surface area (Å²) in [5.41, 5.74) is 3.23. The number of hydrogen-bond acceptors (Lipinski definition) is 3. The number of aromatic nitrogens is 1. The van der Waals surface area contributed by atoms with E-state index in [9.17, 15) is 4.79 Å². The number of halogens is 1. The molecule has 0 spiro atoms. The molecule has 0 saturated carbocycles. The SMILES string of the molecule is CCCNc1cnccc1C(=O)Nc1ccc(C)cc1Br. The molecular formula is C16H18BrN3O. The van der Waals surface area contributed by atoms with E-state index in [0.717, 1.165) is 34.4 Å². The predicted molar refractivity (Wildman–Crippen MR) is 89.8 cm³/mol. The Labute approximate surface area is 133 Å². The van der Waals surface area contributed by atoms with E-state index in [-0.39, 0.29) is 5.91 Å². The molecule has 4 nitrogen and oxygen atoms in total. The molecule has 1 aromatic heterocycles. The Kier molecular flexibility index (Phi) is 5.33. The van der Waals surface area contributed by atoms with Crippen molar-refractivity contribution >= 4 is 33.2 Å². The van der Waals surface area contributed by atoms with Crippen molar-refractivity contribution in [2.75, 3.05) is 17.2 Å². The van der Waals surface area contributed by atoms with Crippen LogP contribution in [0.1, 0.15) is 29.3 Å². The fraction of sp³-hybridized carbons (Fsp3) is 0.250. The number of benzene rings is 1. The molecule has 1 aromatic carbocycles. The van der Waals surface area contributed by atoms with E-state index < -0.39 is 0 Å². The normalized spacial score (nSPS) is 10.2. The van der Waals surface area contributed by atoms with Gasteiger partial charge >= 0.3 is 0 Å². The van der Waals surface area contributed by atoms with Gasteiger partial charge in [0.25, 0.3) is 5.91 Å². The molecular weight excluding hydrogens is 330 g/mol. The Morgan fingerprint density at radius 3 is 2.81 bits per heavy atom. The van der Waals surface area contributed by atoms with Gasteiger partial charge in [-0.05, 0) is 53.0 Å². The summed E-state index contributed by atoms with van der Waals surface area (Å²) in [6.45, 7) is 4.89. The van der Waals surface area contributed by atoms with Crippen molar-refractivity contribution in [2.24, 2.45) is 0 Å². The molecule has 0 bridgehead atoms. The van der Waals surface area contributed by atoms with E-state index in [4.69, 9.17) is 0 Å². The minimum Gasteiger partial charge on any atom is -0.383 e. The van der Waals surface area contributed by atoms with Crippen LogP contribution in [0.25, 0.3) is 0 Å². The molecule has 0 aliphatic rings. The Morgan fingerprint density at radius 2 is 2.10 bits per heavy atom. The molecule has 0 radical (unpaired) electrons. The standard InChI is InChI=1S/C16H18BrN3O/c1-3-7-19-15-10-18-8-6-12(15)16(21)20-14-5-4-11(2)9-13(14)17/h4-6,8-10,19H,3,7H2,1-2H3,(H,20,21). The maximum atomic E-state index is 12.4. The highest BCUT2D eigenvalue weighted by molar-refractivity contribution is 9.10. The van der Waals surface area contributed by atoms with Crippen LogP contribution >= 0.6 is 15.9 Å². The fourth-order valence-corrected chi connectivity index (χ4v) is 2.50. The lowest BCUT2D eigenvalue weighted by Gasteiger charge is -2.12. The molecule has 0 aliphatic heterocycles.